The summed E-state index contributed by atoms with van der Waals surface area (Å²) in [4.78, 5) is 12.6. The molecule has 0 spiro atoms. The second-order valence-electron chi connectivity index (χ2n) is 6.39. The molecule has 3 rings (SSSR count). The molecule has 0 radical (unpaired) electrons. The Morgan fingerprint density at radius 2 is 2.15 bits per heavy atom. The first kappa shape index (κ1) is 13.2. The highest BCUT2D eigenvalue weighted by Crippen LogP contribution is 2.41. The van der Waals surface area contributed by atoms with Crippen molar-refractivity contribution in [1.29, 1.82) is 0 Å². The van der Waals surface area contributed by atoms with Gasteiger partial charge in [0.15, 0.2) is 5.82 Å². The van der Waals surface area contributed by atoms with E-state index in [2.05, 4.69) is 29.4 Å². The number of nitrogens with zero attached hydrogens (tertiary/aromatic N) is 1. The van der Waals surface area contributed by atoms with Crippen LogP contribution in [0.3, 0.4) is 0 Å². The first-order chi connectivity index (χ1) is 9.58. The van der Waals surface area contributed by atoms with Gasteiger partial charge in [0.2, 0.25) is 5.91 Å². The Hall–Kier alpha value is -1.84. The van der Waals surface area contributed by atoms with Crippen LogP contribution in [-0.2, 0) is 4.79 Å². The first-order valence-corrected chi connectivity index (χ1v) is 7.32. The van der Waals surface area contributed by atoms with E-state index in [1.807, 2.05) is 24.3 Å². The molecular weight excluding hydrogens is 250 g/mol. The molecular formula is C16H21N3O. The molecule has 1 unspecified atom stereocenters. The topological polar surface area (TPSA) is 57.8 Å². The minimum atomic E-state index is 0.0757. The van der Waals surface area contributed by atoms with E-state index in [-0.39, 0.29) is 17.2 Å². The SMILES string of the molecule is CC1(C)CCCCC1C(=O)Nc1n[nH]c2ccccc12. The van der Waals surface area contributed by atoms with Crippen LogP contribution in [0.15, 0.2) is 24.3 Å². The Labute approximate surface area is 119 Å². The van der Waals surface area contributed by atoms with Crippen molar-refractivity contribution < 1.29 is 4.79 Å². The van der Waals surface area contributed by atoms with E-state index in [4.69, 9.17) is 0 Å². The summed E-state index contributed by atoms with van der Waals surface area (Å²) in [5.74, 6) is 0.825. The molecule has 1 atom stereocenters. The van der Waals surface area contributed by atoms with Crippen LogP contribution in [0.1, 0.15) is 39.5 Å². The monoisotopic (exact) mass is 271 g/mol. The zero-order valence-electron chi connectivity index (χ0n) is 12.1. The van der Waals surface area contributed by atoms with Crippen LogP contribution >= 0.6 is 0 Å². The molecule has 20 heavy (non-hydrogen) atoms. The molecule has 1 aromatic heterocycles. The third kappa shape index (κ3) is 2.30. The minimum Gasteiger partial charge on any atom is -0.308 e. The van der Waals surface area contributed by atoms with E-state index >= 15 is 0 Å². The van der Waals surface area contributed by atoms with Crippen molar-refractivity contribution in [1.82, 2.24) is 10.2 Å². The lowest BCUT2D eigenvalue weighted by atomic mass is 9.68. The predicted octanol–water partition coefficient (Wildman–Crippen LogP) is 3.72. The van der Waals surface area contributed by atoms with Gasteiger partial charge in [-0.3, -0.25) is 9.89 Å². The third-order valence-electron chi connectivity index (χ3n) is 4.54. The van der Waals surface area contributed by atoms with Gasteiger partial charge in [0.05, 0.1) is 5.52 Å². The molecule has 4 heteroatoms. The fourth-order valence-electron chi connectivity index (χ4n) is 3.24. The van der Waals surface area contributed by atoms with Crippen molar-refractivity contribution in [3.63, 3.8) is 0 Å². The Bertz CT molecular complexity index is 629. The summed E-state index contributed by atoms with van der Waals surface area (Å²) in [6.07, 6.45) is 4.46. The average Bonchev–Trinajstić information content (AvgIpc) is 2.81. The van der Waals surface area contributed by atoms with Gasteiger partial charge in [0.1, 0.15) is 0 Å². The lowest BCUT2D eigenvalue weighted by Crippen LogP contribution is -2.37. The van der Waals surface area contributed by atoms with Crippen molar-refractivity contribution in [2.45, 2.75) is 39.5 Å². The van der Waals surface area contributed by atoms with Crippen molar-refractivity contribution >= 4 is 22.6 Å². The number of aromatic amines is 1. The maximum absolute atomic E-state index is 12.6. The lowest BCUT2D eigenvalue weighted by Gasteiger charge is -2.37. The molecule has 1 aromatic carbocycles. The summed E-state index contributed by atoms with van der Waals surface area (Å²) < 4.78 is 0. The van der Waals surface area contributed by atoms with Crippen LogP contribution in [0.4, 0.5) is 5.82 Å². The highest BCUT2D eigenvalue weighted by Gasteiger charge is 2.37. The molecule has 1 amide bonds. The van der Waals surface area contributed by atoms with E-state index in [1.54, 1.807) is 0 Å². The number of amides is 1. The molecule has 0 bridgehead atoms. The molecule has 1 aliphatic rings. The number of carbonyl (C=O) groups is 1. The quantitative estimate of drug-likeness (QED) is 0.874. The van der Waals surface area contributed by atoms with Gasteiger partial charge < -0.3 is 5.32 Å². The van der Waals surface area contributed by atoms with E-state index in [1.165, 1.54) is 6.42 Å². The number of H-pyrrole nitrogens is 1. The second-order valence-corrected chi connectivity index (χ2v) is 6.39. The van der Waals surface area contributed by atoms with Crippen LogP contribution in [-0.4, -0.2) is 16.1 Å². The molecule has 1 fully saturated rings. The van der Waals surface area contributed by atoms with Gasteiger partial charge in [-0.15, -0.1) is 0 Å². The molecule has 1 aliphatic carbocycles. The zero-order chi connectivity index (χ0) is 14.2. The van der Waals surface area contributed by atoms with Gasteiger partial charge in [-0.25, -0.2) is 0 Å². The molecule has 1 saturated carbocycles. The zero-order valence-corrected chi connectivity index (χ0v) is 12.1. The van der Waals surface area contributed by atoms with E-state index in [0.29, 0.717) is 5.82 Å². The van der Waals surface area contributed by atoms with Crippen molar-refractivity contribution in [3.05, 3.63) is 24.3 Å². The number of benzene rings is 1. The first-order valence-electron chi connectivity index (χ1n) is 7.32. The molecule has 0 aliphatic heterocycles. The average molecular weight is 271 g/mol. The standard InChI is InChI=1S/C16H21N3O/c1-16(2)10-6-5-8-12(16)15(20)17-14-11-7-3-4-9-13(11)18-19-14/h3-4,7,9,12H,5-6,8,10H2,1-2H3,(H2,17,18,19,20). The number of rotatable bonds is 2. The van der Waals surface area contributed by atoms with Crippen LogP contribution in [0.25, 0.3) is 10.9 Å². The van der Waals surface area contributed by atoms with Gasteiger partial charge in [0.25, 0.3) is 0 Å². The van der Waals surface area contributed by atoms with Crippen molar-refractivity contribution in [2.75, 3.05) is 5.32 Å². The Balaban J connectivity index is 1.82. The summed E-state index contributed by atoms with van der Waals surface area (Å²) in [5, 5.41) is 11.1. The number of anilines is 1. The van der Waals surface area contributed by atoms with Crippen molar-refractivity contribution in [3.8, 4) is 0 Å². The normalized spacial score (nSPS) is 21.8. The number of hydrogen-bond acceptors (Lipinski definition) is 2. The van der Waals surface area contributed by atoms with Crippen molar-refractivity contribution in [2.24, 2.45) is 11.3 Å². The Morgan fingerprint density at radius 3 is 2.95 bits per heavy atom. The van der Waals surface area contributed by atoms with Crippen LogP contribution in [0.5, 0.6) is 0 Å². The number of aromatic nitrogens is 2. The van der Waals surface area contributed by atoms with Crippen LogP contribution in [0, 0.1) is 11.3 Å². The fraction of sp³-hybridized carbons (Fsp3) is 0.500. The Kier molecular flexibility index (Phi) is 3.24. The largest absolute Gasteiger partial charge is 0.308 e. The van der Waals surface area contributed by atoms with E-state index < -0.39 is 0 Å². The highest BCUT2D eigenvalue weighted by molar-refractivity contribution is 6.00. The number of hydrogen-bond donors (Lipinski definition) is 2. The van der Waals surface area contributed by atoms with E-state index in [9.17, 15) is 4.79 Å². The third-order valence-corrected chi connectivity index (χ3v) is 4.54. The molecule has 0 saturated heterocycles. The molecule has 1 heterocycles. The molecule has 4 nitrogen and oxygen atoms in total. The maximum atomic E-state index is 12.6. The summed E-state index contributed by atoms with van der Waals surface area (Å²) in [6, 6.07) is 7.84. The smallest absolute Gasteiger partial charge is 0.229 e. The fourth-order valence-corrected chi connectivity index (χ4v) is 3.24. The molecule has 2 aromatic rings. The Morgan fingerprint density at radius 1 is 1.35 bits per heavy atom. The number of para-hydroxylation sites is 1. The summed E-state index contributed by atoms with van der Waals surface area (Å²) in [7, 11) is 0. The summed E-state index contributed by atoms with van der Waals surface area (Å²) in [5.41, 5.74) is 1.03. The molecule has 2 N–H and O–H groups in total. The summed E-state index contributed by atoms with van der Waals surface area (Å²) >= 11 is 0. The van der Waals surface area contributed by atoms with Crippen LogP contribution < -0.4 is 5.32 Å². The van der Waals surface area contributed by atoms with Gasteiger partial charge in [-0.2, -0.15) is 5.10 Å². The predicted molar refractivity (Wildman–Crippen MR) is 80.5 cm³/mol. The van der Waals surface area contributed by atoms with Crippen LogP contribution in [0.2, 0.25) is 0 Å². The van der Waals surface area contributed by atoms with Gasteiger partial charge in [-0.05, 0) is 30.4 Å². The molecule has 106 valence electrons. The van der Waals surface area contributed by atoms with Gasteiger partial charge >= 0.3 is 0 Å². The van der Waals surface area contributed by atoms with Gasteiger partial charge in [-0.1, -0.05) is 38.8 Å². The second kappa shape index (κ2) is 4.93. The number of nitrogens with one attached hydrogen (secondary N) is 2. The number of carbonyl (C=O) groups excluding carboxylic acids is 1. The van der Waals surface area contributed by atoms with E-state index in [0.717, 1.165) is 30.2 Å². The minimum absolute atomic E-state index is 0.0757. The van der Waals surface area contributed by atoms with Gasteiger partial charge in [0, 0.05) is 11.3 Å². The number of fused-ring (bicyclic) bond motifs is 1. The lowest BCUT2D eigenvalue weighted by molar-refractivity contribution is -0.124. The summed E-state index contributed by atoms with van der Waals surface area (Å²) in [6.45, 7) is 4.39. The maximum Gasteiger partial charge on any atom is 0.229 e. The highest BCUT2D eigenvalue weighted by atomic mass is 16.2.